The Labute approximate surface area is 174 Å². The van der Waals surface area contributed by atoms with Crippen molar-refractivity contribution in [1.29, 1.82) is 0 Å². The molecule has 2 aliphatic rings. The molecule has 156 valence electrons. The van der Waals surface area contributed by atoms with Gasteiger partial charge in [-0.05, 0) is 85.1 Å². The molecule has 1 atom stereocenters. The molecule has 1 saturated heterocycles. The molecule has 0 unspecified atom stereocenters. The molecule has 2 aromatic rings. The molecular weight excluding hydrogens is 360 g/mol. The van der Waals surface area contributed by atoms with Gasteiger partial charge in [0.25, 0.3) is 0 Å². The number of phenols is 2. The molecule has 4 heteroatoms. The van der Waals surface area contributed by atoms with Gasteiger partial charge in [0.1, 0.15) is 11.5 Å². The predicted octanol–water partition coefficient (Wildman–Crippen LogP) is 4.36. The topological polar surface area (TPSA) is 46.9 Å². The van der Waals surface area contributed by atoms with E-state index >= 15 is 0 Å². The minimum Gasteiger partial charge on any atom is -0.508 e. The van der Waals surface area contributed by atoms with Crippen LogP contribution in [-0.2, 0) is 13.0 Å². The molecule has 2 aliphatic heterocycles. The van der Waals surface area contributed by atoms with Gasteiger partial charge in [0.15, 0.2) is 0 Å². The second-order valence-electron chi connectivity index (χ2n) is 9.15. The van der Waals surface area contributed by atoms with Gasteiger partial charge in [-0.15, -0.1) is 0 Å². The molecule has 4 rings (SSSR count). The lowest BCUT2D eigenvalue weighted by Gasteiger charge is -2.42. The molecule has 2 N–H and O–H groups in total. The third-order valence-electron chi connectivity index (χ3n) is 6.84. The number of phenolic OH excluding ortho intramolecular Hbond substituents is 2. The van der Waals surface area contributed by atoms with Crippen LogP contribution in [0, 0.1) is 5.92 Å². The van der Waals surface area contributed by atoms with Gasteiger partial charge >= 0.3 is 0 Å². The summed E-state index contributed by atoms with van der Waals surface area (Å²) in [6, 6.07) is 14.2. The van der Waals surface area contributed by atoms with Crippen LogP contribution in [-0.4, -0.2) is 52.2 Å². The van der Waals surface area contributed by atoms with E-state index in [1.807, 2.05) is 24.3 Å². The van der Waals surface area contributed by atoms with E-state index in [1.165, 1.54) is 16.7 Å². The number of piperidine rings is 1. The highest BCUT2D eigenvalue weighted by Gasteiger charge is 2.29. The molecule has 2 heterocycles. The minimum atomic E-state index is 0.376. The Morgan fingerprint density at radius 3 is 2.41 bits per heavy atom. The molecule has 4 nitrogen and oxygen atoms in total. The summed E-state index contributed by atoms with van der Waals surface area (Å²) in [5.74, 6) is 1.90. The number of likely N-dealkylation sites (tertiary alicyclic amines) is 1. The highest BCUT2D eigenvalue weighted by Crippen LogP contribution is 2.31. The van der Waals surface area contributed by atoms with Crippen molar-refractivity contribution in [3.63, 3.8) is 0 Å². The summed E-state index contributed by atoms with van der Waals surface area (Å²) in [5.41, 5.74) is 3.94. The highest BCUT2D eigenvalue weighted by molar-refractivity contribution is 5.36. The average molecular weight is 395 g/mol. The summed E-state index contributed by atoms with van der Waals surface area (Å²) in [5, 5.41) is 19.7. The Hall–Kier alpha value is -2.04. The fourth-order valence-corrected chi connectivity index (χ4v) is 5.09. The van der Waals surface area contributed by atoms with E-state index in [0.717, 1.165) is 52.0 Å². The van der Waals surface area contributed by atoms with Crippen LogP contribution < -0.4 is 0 Å². The van der Waals surface area contributed by atoms with Crippen LogP contribution in [0.1, 0.15) is 49.3 Å². The third kappa shape index (κ3) is 4.76. The van der Waals surface area contributed by atoms with Crippen molar-refractivity contribution in [1.82, 2.24) is 9.80 Å². The Balaban J connectivity index is 1.37. The summed E-state index contributed by atoms with van der Waals surface area (Å²) in [6.45, 7) is 10.1. The quantitative estimate of drug-likeness (QED) is 0.791. The van der Waals surface area contributed by atoms with Crippen molar-refractivity contribution in [3.8, 4) is 11.5 Å². The van der Waals surface area contributed by atoms with E-state index in [-0.39, 0.29) is 0 Å². The molecule has 0 bridgehead atoms. The van der Waals surface area contributed by atoms with Gasteiger partial charge in [0, 0.05) is 25.7 Å². The first-order chi connectivity index (χ1) is 14.0. The summed E-state index contributed by atoms with van der Waals surface area (Å²) in [6.07, 6.45) is 3.38. The molecule has 2 aromatic carbocycles. The van der Waals surface area contributed by atoms with Gasteiger partial charge < -0.3 is 15.1 Å². The number of aromatic hydroxyl groups is 2. The van der Waals surface area contributed by atoms with Crippen LogP contribution in [0.2, 0.25) is 0 Å². The molecule has 0 saturated carbocycles. The van der Waals surface area contributed by atoms with Gasteiger partial charge in [0.05, 0.1) is 0 Å². The van der Waals surface area contributed by atoms with Crippen molar-refractivity contribution in [2.75, 3.05) is 26.2 Å². The van der Waals surface area contributed by atoms with Crippen molar-refractivity contribution < 1.29 is 10.2 Å². The zero-order valence-corrected chi connectivity index (χ0v) is 17.7. The normalized spacial score (nSPS) is 20.0. The van der Waals surface area contributed by atoms with Gasteiger partial charge in [-0.3, -0.25) is 4.90 Å². The summed E-state index contributed by atoms with van der Waals surface area (Å²) in [4.78, 5) is 5.25. The van der Waals surface area contributed by atoms with Crippen molar-refractivity contribution in [2.24, 2.45) is 5.92 Å². The molecule has 0 amide bonds. The van der Waals surface area contributed by atoms with Crippen LogP contribution in [0.5, 0.6) is 11.5 Å². The smallest absolute Gasteiger partial charge is 0.115 e. The largest absolute Gasteiger partial charge is 0.508 e. The molecule has 0 spiro atoms. The van der Waals surface area contributed by atoms with Crippen molar-refractivity contribution >= 4 is 0 Å². The minimum absolute atomic E-state index is 0.376. The van der Waals surface area contributed by atoms with Gasteiger partial charge in [-0.1, -0.05) is 32.0 Å². The molecule has 0 aliphatic carbocycles. The maximum atomic E-state index is 9.88. The SMILES string of the molecule is CC(C)[C@@H](CN1CCC(c2cccc(O)c2)CC1)N1CCc2ccc(O)cc2C1. The first kappa shape index (κ1) is 20.2. The summed E-state index contributed by atoms with van der Waals surface area (Å²) in [7, 11) is 0. The molecule has 0 aromatic heterocycles. The maximum Gasteiger partial charge on any atom is 0.115 e. The summed E-state index contributed by atoms with van der Waals surface area (Å²) >= 11 is 0. The second-order valence-corrected chi connectivity index (χ2v) is 9.15. The Bertz CT molecular complexity index is 827. The molecule has 1 fully saturated rings. The van der Waals surface area contributed by atoms with Gasteiger partial charge in [0.2, 0.25) is 0 Å². The third-order valence-corrected chi connectivity index (χ3v) is 6.84. The average Bonchev–Trinajstić information content (AvgIpc) is 2.71. The van der Waals surface area contributed by atoms with Gasteiger partial charge in [-0.2, -0.15) is 0 Å². The zero-order valence-electron chi connectivity index (χ0n) is 17.7. The van der Waals surface area contributed by atoms with Crippen molar-refractivity contribution in [3.05, 3.63) is 59.2 Å². The number of hydrogen-bond acceptors (Lipinski definition) is 4. The Morgan fingerprint density at radius 2 is 1.69 bits per heavy atom. The highest BCUT2D eigenvalue weighted by atomic mass is 16.3. The maximum absolute atomic E-state index is 9.88. The molecule has 29 heavy (non-hydrogen) atoms. The standard InChI is InChI=1S/C25H34N2O2/c1-18(2)25(27-13-10-19-6-7-24(29)15-22(19)16-27)17-26-11-8-20(9-12-26)21-4-3-5-23(28)14-21/h3-7,14-15,18,20,25,28-29H,8-13,16-17H2,1-2H3/t25-/m1/s1. The fraction of sp³-hybridized carbons (Fsp3) is 0.520. The Morgan fingerprint density at radius 1 is 0.931 bits per heavy atom. The Kier molecular flexibility index (Phi) is 6.12. The predicted molar refractivity (Wildman–Crippen MR) is 117 cm³/mol. The number of benzene rings is 2. The van der Waals surface area contributed by atoms with Crippen LogP contribution in [0.3, 0.4) is 0 Å². The molecule has 0 radical (unpaired) electrons. The molecular formula is C25H34N2O2. The fourth-order valence-electron chi connectivity index (χ4n) is 5.09. The number of nitrogens with zero attached hydrogens (tertiary/aromatic N) is 2. The lowest BCUT2D eigenvalue weighted by Crippen LogP contribution is -2.50. The number of hydrogen-bond donors (Lipinski definition) is 2. The van der Waals surface area contributed by atoms with Gasteiger partial charge in [-0.25, -0.2) is 0 Å². The monoisotopic (exact) mass is 394 g/mol. The zero-order chi connectivity index (χ0) is 20.4. The van der Waals surface area contributed by atoms with E-state index in [2.05, 4.69) is 35.8 Å². The van der Waals surface area contributed by atoms with Crippen molar-refractivity contribution in [2.45, 2.75) is 51.6 Å². The summed E-state index contributed by atoms with van der Waals surface area (Å²) < 4.78 is 0. The van der Waals surface area contributed by atoms with Crippen LogP contribution in [0.4, 0.5) is 0 Å². The number of fused-ring (bicyclic) bond motifs is 1. The van der Waals surface area contributed by atoms with Crippen LogP contribution in [0.15, 0.2) is 42.5 Å². The first-order valence-corrected chi connectivity index (χ1v) is 11.1. The van der Waals surface area contributed by atoms with E-state index in [1.54, 1.807) is 6.07 Å². The van der Waals surface area contributed by atoms with Crippen LogP contribution >= 0.6 is 0 Å². The van der Waals surface area contributed by atoms with Crippen LogP contribution in [0.25, 0.3) is 0 Å². The first-order valence-electron chi connectivity index (χ1n) is 11.1. The van der Waals surface area contributed by atoms with E-state index in [9.17, 15) is 10.2 Å². The number of rotatable bonds is 5. The lowest BCUT2D eigenvalue weighted by atomic mass is 9.88. The van der Waals surface area contributed by atoms with E-state index < -0.39 is 0 Å². The van der Waals surface area contributed by atoms with E-state index in [4.69, 9.17) is 0 Å². The second kappa shape index (κ2) is 8.76. The van der Waals surface area contributed by atoms with E-state index in [0.29, 0.717) is 29.4 Å². The lowest BCUT2D eigenvalue weighted by molar-refractivity contribution is 0.0834.